The Labute approximate surface area is 121 Å². The molecule has 4 N–H and O–H groups in total. The fourth-order valence-corrected chi connectivity index (χ4v) is 2.06. The van der Waals surface area contributed by atoms with E-state index in [-0.39, 0.29) is 17.4 Å². The molecule has 21 heavy (non-hydrogen) atoms. The quantitative estimate of drug-likeness (QED) is 0.725. The van der Waals surface area contributed by atoms with Crippen LogP contribution in [0.3, 0.4) is 0 Å². The van der Waals surface area contributed by atoms with E-state index in [4.69, 9.17) is 5.73 Å². The SMILES string of the molecule is CC(C)Cn1c(N)c(NCc2cnn(C)c2)c(=O)[nH]c1=O. The van der Waals surface area contributed by atoms with Gasteiger partial charge in [-0.05, 0) is 5.92 Å². The van der Waals surface area contributed by atoms with Gasteiger partial charge in [-0.15, -0.1) is 0 Å². The molecular formula is C13H20N6O2. The van der Waals surface area contributed by atoms with Crippen molar-refractivity contribution in [2.24, 2.45) is 13.0 Å². The van der Waals surface area contributed by atoms with Crippen LogP contribution < -0.4 is 22.3 Å². The molecular weight excluding hydrogens is 272 g/mol. The van der Waals surface area contributed by atoms with E-state index in [2.05, 4.69) is 15.4 Å². The fraction of sp³-hybridized carbons (Fsp3) is 0.462. The van der Waals surface area contributed by atoms with Gasteiger partial charge in [-0.2, -0.15) is 5.10 Å². The van der Waals surface area contributed by atoms with Crippen molar-refractivity contribution in [2.75, 3.05) is 11.1 Å². The van der Waals surface area contributed by atoms with Crippen LogP contribution >= 0.6 is 0 Å². The standard InChI is InChI=1S/C13H20N6O2/c1-8(2)6-19-11(14)10(12(20)17-13(19)21)15-4-9-5-16-18(3)7-9/h5,7-8,15H,4,6,14H2,1-3H3,(H,17,20,21). The maximum atomic E-state index is 11.9. The normalized spacial score (nSPS) is 11.0. The first-order valence-corrected chi connectivity index (χ1v) is 6.72. The summed E-state index contributed by atoms with van der Waals surface area (Å²) in [5.41, 5.74) is 6.08. The summed E-state index contributed by atoms with van der Waals surface area (Å²) >= 11 is 0. The van der Waals surface area contributed by atoms with Gasteiger partial charge in [0.2, 0.25) is 0 Å². The van der Waals surface area contributed by atoms with E-state index >= 15 is 0 Å². The van der Waals surface area contributed by atoms with E-state index in [0.717, 1.165) is 5.56 Å². The molecule has 0 unspecified atom stereocenters. The number of rotatable bonds is 5. The second-order valence-electron chi connectivity index (χ2n) is 5.40. The van der Waals surface area contributed by atoms with Crippen LogP contribution in [-0.4, -0.2) is 19.3 Å². The lowest BCUT2D eigenvalue weighted by molar-refractivity contribution is 0.508. The molecule has 0 aliphatic carbocycles. The Bertz CT molecular complexity index is 740. The molecule has 0 amide bonds. The minimum Gasteiger partial charge on any atom is -0.383 e. The van der Waals surface area contributed by atoms with Crippen LogP contribution in [0.1, 0.15) is 19.4 Å². The molecule has 0 radical (unpaired) electrons. The molecule has 0 atom stereocenters. The highest BCUT2D eigenvalue weighted by molar-refractivity contribution is 5.60. The third-order valence-corrected chi connectivity index (χ3v) is 3.01. The number of aryl methyl sites for hydroxylation is 1. The van der Waals surface area contributed by atoms with Crippen LogP contribution in [0.2, 0.25) is 0 Å². The van der Waals surface area contributed by atoms with Gasteiger partial charge in [0, 0.05) is 31.9 Å². The van der Waals surface area contributed by atoms with Gasteiger partial charge in [-0.1, -0.05) is 13.8 Å². The van der Waals surface area contributed by atoms with Crippen LogP contribution in [0.4, 0.5) is 11.5 Å². The van der Waals surface area contributed by atoms with E-state index in [0.29, 0.717) is 13.1 Å². The van der Waals surface area contributed by atoms with E-state index in [1.165, 1.54) is 4.57 Å². The summed E-state index contributed by atoms with van der Waals surface area (Å²) in [7, 11) is 1.81. The maximum Gasteiger partial charge on any atom is 0.330 e. The minimum atomic E-state index is -0.513. The summed E-state index contributed by atoms with van der Waals surface area (Å²) < 4.78 is 3.04. The van der Waals surface area contributed by atoms with E-state index < -0.39 is 11.2 Å². The van der Waals surface area contributed by atoms with E-state index in [1.54, 1.807) is 10.9 Å². The number of H-pyrrole nitrogens is 1. The predicted molar refractivity (Wildman–Crippen MR) is 81.1 cm³/mol. The van der Waals surface area contributed by atoms with Crippen molar-refractivity contribution in [1.82, 2.24) is 19.3 Å². The molecule has 0 aromatic carbocycles. The first-order valence-electron chi connectivity index (χ1n) is 6.72. The zero-order valence-electron chi connectivity index (χ0n) is 12.4. The second kappa shape index (κ2) is 5.86. The lowest BCUT2D eigenvalue weighted by atomic mass is 10.2. The number of hydrogen-bond donors (Lipinski definition) is 3. The fourth-order valence-electron chi connectivity index (χ4n) is 2.06. The van der Waals surface area contributed by atoms with Crippen LogP contribution in [0.25, 0.3) is 0 Å². The summed E-state index contributed by atoms with van der Waals surface area (Å²) in [6.45, 7) is 4.80. The third-order valence-electron chi connectivity index (χ3n) is 3.01. The van der Waals surface area contributed by atoms with Crippen molar-refractivity contribution in [3.8, 4) is 0 Å². The largest absolute Gasteiger partial charge is 0.383 e. The lowest BCUT2D eigenvalue weighted by Gasteiger charge is -2.15. The van der Waals surface area contributed by atoms with Crippen LogP contribution in [0.5, 0.6) is 0 Å². The van der Waals surface area contributed by atoms with Gasteiger partial charge in [0.05, 0.1) is 6.20 Å². The molecule has 8 nitrogen and oxygen atoms in total. The van der Waals surface area contributed by atoms with Crippen molar-refractivity contribution in [3.05, 3.63) is 38.8 Å². The summed E-state index contributed by atoms with van der Waals surface area (Å²) in [6, 6.07) is 0. The molecule has 0 saturated heterocycles. The van der Waals surface area contributed by atoms with E-state index in [9.17, 15) is 9.59 Å². The zero-order chi connectivity index (χ0) is 15.6. The smallest absolute Gasteiger partial charge is 0.330 e. The lowest BCUT2D eigenvalue weighted by Crippen LogP contribution is -2.35. The summed E-state index contributed by atoms with van der Waals surface area (Å²) in [5.74, 6) is 0.392. The number of nitrogens with zero attached hydrogens (tertiary/aromatic N) is 3. The van der Waals surface area contributed by atoms with Crippen molar-refractivity contribution >= 4 is 11.5 Å². The second-order valence-corrected chi connectivity index (χ2v) is 5.40. The molecule has 0 fully saturated rings. The van der Waals surface area contributed by atoms with Gasteiger partial charge in [0.15, 0.2) is 0 Å². The van der Waals surface area contributed by atoms with Crippen molar-refractivity contribution in [1.29, 1.82) is 0 Å². The highest BCUT2D eigenvalue weighted by atomic mass is 16.2. The zero-order valence-corrected chi connectivity index (χ0v) is 12.4. The average Bonchev–Trinajstić information content (AvgIpc) is 2.80. The monoisotopic (exact) mass is 292 g/mol. The molecule has 0 spiro atoms. The Morgan fingerprint density at radius 2 is 2.14 bits per heavy atom. The number of nitrogens with one attached hydrogen (secondary N) is 2. The molecule has 0 bridgehead atoms. The Morgan fingerprint density at radius 3 is 2.71 bits per heavy atom. The molecule has 114 valence electrons. The van der Waals surface area contributed by atoms with Gasteiger partial charge >= 0.3 is 5.69 Å². The molecule has 0 aliphatic rings. The number of nitrogens with two attached hydrogens (primary N) is 1. The first-order chi connectivity index (χ1) is 9.88. The highest BCUT2D eigenvalue weighted by Crippen LogP contribution is 2.13. The van der Waals surface area contributed by atoms with Gasteiger partial charge < -0.3 is 11.1 Å². The minimum absolute atomic E-state index is 0.154. The Balaban J connectivity index is 2.30. The van der Waals surface area contributed by atoms with Crippen molar-refractivity contribution in [3.63, 3.8) is 0 Å². The van der Waals surface area contributed by atoms with Crippen LogP contribution in [0, 0.1) is 5.92 Å². The molecule has 0 saturated carbocycles. The number of hydrogen-bond acceptors (Lipinski definition) is 5. The number of aromatic nitrogens is 4. The summed E-state index contributed by atoms with van der Waals surface area (Å²) in [4.78, 5) is 26.0. The van der Waals surface area contributed by atoms with E-state index in [1.807, 2.05) is 27.1 Å². The molecule has 2 aromatic heterocycles. The molecule has 2 heterocycles. The van der Waals surface area contributed by atoms with Gasteiger partial charge in [-0.25, -0.2) is 4.79 Å². The number of anilines is 2. The predicted octanol–water partition coefficient (Wildman–Crippen LogP) is 0.120. The summed E-state index contributed by atoms with van der Waals surface area (Å²) in [6.07, 6.45) is 3.53. The average molecular weight is 292 g/mol. The Morgan fingerprint density at radius 1 is 1.43 bits per heavy atom. The Hall–Kier alpha value is -2.51. The molecule has 8 heteroatoms. The molecule has 2 aromatic rings. The molecule has 0 aliphatic heterocycles. The molecule has 2 rings (SSSR count). The Kier molecular flexibility index (Phi) is 4.15. The maximum absolute atomic E-state index is 11.9. The van der Waals surface area contributed by atoms with Gasteiger partial charge in [-0.3, -0.25) is 19.0 Å². The number of aromatic amines is 1. The van der Waals surface area contributed by atoms with Crippen LogP contribution in [0.15, 0.2) is 22.0 Å². The highest BCUT2D eigenvalue weighted by Gasteiger charge is 2.13. The summed E-state index contributed by atoms with van der Waals surface area (Å²) in [5, 5.41) is 7.02. The topological polar surface area (TPSA) is 111 Å². The first kappa shape index (κ1) is 14.9. The third kappa shape index (κ3) is 3.33. The van der Waals surface area contributed by atoms with Gasteiger partial charge in [0.1, 0.15) is 11.5 Å². The van der Waals surface area contributed by atoms with Gasteiger partial charge in [0.25, 0.3) is 5.56 Å². The van der Waals surface area contributed by atoms with Crippen molar-refractivity contribution < 1.29 is 0 Å². The van der Waals surface area contributed by atoms with Crippen molar-refractivity contribution in [2.45, 2.75) is 26.9 Å². The van der Waals surface area contributed by atoms with Crippen LogP contribution in [-0.2, 0) is 20.1 Å². The number of nitrogen functional groups attached to an aromatic ring is 1.